The largest absolute Gasteiger partial charge is 0.469 e. The zero-order valence-electron chi connectivity index (χ0n) is 11.4. The molecule has 1 N–H and O–H groups in total. The van der Waals surface area contributed by atoms with Crippen LogP contribution in [-0.4, -0.2) is 41.2 Å². The summed E-state index contributed by atoms with van der Waals surface area (Å²) in [6, 6.07) is 8.73. The van der Waals surface area contributed by atoms with Crippen molar-refractivity contribution in [1.29, 1.82) is 0 Å². The first-order valence-electron chi connectivity index (χ1n) is 6.02. The third kappa shape index (κ3) is 3.87. The molecule has 0 aliphatic heterocycles. The number of carbonyl (C=O) groups is 2. The van der Waals surface area contributed by atoms with Crippen LogP contribution >= 0.6 is 0 Å². The SMILES string of the molecule is COC(=O)CCN(O)C(C)(C)C(=O)c1ccccc1. The standard InChI is InChI=1S/C14H19NO4/c1-14(2,15(18)10-9-12(16)19-3)13(17)11-7-5-4-6-8-11/h4-8,18H,9-10H2,1-3H3. The first-order valence-corrected chi connectivity index (χ1v) is 6.02. The lowest BCUT2D eigenvalue weighted by Crippen LogP contribution is -2.49. The molecule has 0 bridgehead atoms. The van der Waals surface area contributed by atoms with Gasteiger partial charge in [-0.1, -0.05) is 30.3 Å². The summed E-state index contributed by atoms with van der Waals surface area (Å²) < 4.78 is 4.50. The van der Waals surface area contributed by atoms with Gasteiger partial charge in [0.25, 0.3) is 0 Å². The molecule has 0 atom stereocenters. The second-order valence-electron chi connectivity index (χ2n) is 4.70. The molecular formula is C14H19NO4. The Kier molecular flexibility index (Phi) is 5.20. The highest BCUT2D eigenvalue weighted by Crippen LogP contribution is 2.19. The van der Waals surface area contributed by atoms with Gasteiger partial charge in [0.1, 0.15) is 5.54 Å². The summed E-state index contributed by atoms with van der Waals surface area (Å²) in [5, 5.41) is 10.8. The molecule has 0 spiro atoms. The molecule has 1 rings (SSSR count). The van der Waals surface area contributed by atoms with Gasteiger partial charge in [-0.05, 0) is 13.8 Å². The highest BCUT2D eigenvalue weighted by molar-refractivity contribution is 6.02. The van der Waals surface area contributed by atoms with Crippen molar-refractivity contribution in [2.75, 3.05) is 13.7 Å². The van der Waals surface area contributed by atoms with E-state index in [1.165, 1.54) is 7.11 Å². The van der Waals surface area contributed by atoms with Gasteiger partial charge in [0, 0.05) is 12.1 Å². The Labute approximate surface area is 112 Å². The molecule has 0 saturated carbocycles. The maximum absolute atomic E-state index is 12.3. The number of carbonyl (C=O) groups excluding carboxylic acids is 2. The molecule has 1 aromatic rings. The molecule has 1 aromatic carbocycles. The third-order valence-electron chi connectivity index (χ3n) is 2.99. The van der Waals surface area contributed by atoms with Crippen LogP contribution in [0.4, 0.5) is 0 Å². The topological polar surface area (TPSA) is 66.8 Å². The lowest BCUT2D eigenvalue weighted by molar-refractivity contribution is -0.158. The predicted octanol–water partition coefficient (Wildman–Crippen LogP) is 1.90. The van der Waals surface area contributed by atoms with Gasteiger partial charge in [-0.3, -0.25) is 9.59 Å². The molecule has 0 radical (unpaired) electrons. The highest BCUT2D eigenvalue weighted by atomic mass is 16.5. The number of hydrogen-bond acceptors (Lipinski definition) is 5. The molecule has 0 saturated heterocycles. The molecule has 0 unspecified atom stereocenters. The second kappa shape index (κ2) is 6.45. The van der Waals surface area contributed by atoms with Crippen molar-refractivity contribution < 1.29 is 19.5 Å². The van der Waals surface area contributed by atoms with Gasteiger partial charge in [0.05, 0.1) is 13.5 Å². The Morgan fingerprint density at radius 2 is 1.84 bits per heavy atom. The van der Waals surface area contributed by atoms with Crippen molar-refractivity contribution in [3.8, 4) is 0 Å². The van der Waals surface area contributed by atoms with Crippen molar-refractivity contribution in [3.63, 3.8) is 0 Å². The Hall–Kier alpha value is -1.72. The number of hydroxylamine groups is 2. The number of benzene rings is 1. The van der Waals surface area contributed by atoms with Crippen LogP contribution < -0.4 is 0 Å². The molecule has 19 heavy (non-hydrogen) atoms. The van der Waals surface area contributed by atoms with Crippen LogP contribution in [0.3, 0.4) is 0 Å². The van der Waals surface area contributed by atoms with Crippen LogP contribution in [0, 0.1) is 0 Å². The molecule has 0 fully saturated rings. The van der Waals surface area contributed by atoms with Crippen molar-refractivity contribution in [2.45, 2.75) is 25.8 Å². The summed E-state index contributed by atoms with van der Waals surface area (Å²) in [5.74, 6) is -0.637. The van der Waals surface area contributed by atoms with Gasteiger partial charge >= 0.3 is 5.97 Å². The Balaban J connectivity index is 2.74. The van der Waals surface area contributed by atoms with Crippen LogP contribution in [0.1, 0.15) is 30.6 Å². The molecule has 0 aliphatic rings. The fraction of sp³-hybridized carbons (Fsp3) is 0.429. The molecular weight excluding hydrogens is 246 g/mol. The van der Waals surface area contributed by atoms with E-state index in [0.29, 0.717) is 5.56 Å². The van der Waals surface area contributed by atoms with Crippen LogP contribution in [-0.2, 0) is 9.53 Å². The monoisotopic (exact) mass is 265 g/mol. The van der Waals surface area contributed by atoms with Gasteiger partial charge in [0.2, 0.25) is 0 Å². The van der Waals surface area contributed by atoms with Gasteiger partial charge < -0.3 is 9.94 Å². The molecule has 5 nitrogen and oxygen atoms in total. The summed E-state index contributed by atoms with van der Waals surface area (Å²) in [4.78, 5) is 23.3. The minimum atomic E-state index is -1.10. The van der Waals surface area contributed by atoms with Crippen LogP contribution in [0.15, 0.2) is 30.3 Å². The van der Waals surface area contributed by atoms with Gasteiger partial charge in [-0.2, -0.15) is 5.06 Å². The fourth-order valence-electron chi connectivity index (χ4n) is 1.64. The Bertz CT molecular complexity index is 442. The molecule has 104 valence electrons. The number of ether oxygens (including phenoxy) is 1. The fourth-order valence-corrected chi connectivity index (χ4v) is 1.64. The number of esters is 1. The van der Waals surface area contributed by atoms with Gasteiger partial charge in [-0.25, -0.2) is 0 Å². The first-order chi connectivity index (χ1) is 8.89. The second-order valence-corrected chi connectivity index (χ2v) is 4.70. The van der Waals surface area contributed by atoms with E-state index in [2.05, 4.69) is 4.74 Å². The minimum absolute atomic E-state index is 0.0263. The number of rotatable bonds is 6. The van der Waals surface area contributed by atoms with E-state index in [-0.39, 0.29) is 18.7 Å². The highest BCUT2D eigenvalue weighted by Gasteiger charge is 2.34. The quantitative estimate of drug-likeness (QED) is 0.483. The lowest BCUT2D eigenvalue weighted by Gasteiger charge is -2.31. The smallest absolute Gasteiger partial charge is 0.306 e. The van der Waals surface area contributed by atoms with Gasteiger partial charge in [-0.15, -0.1) is 0 Å². The zero-order valence-corrected chi connectivity index (χ0v) is 11.4. The lowest BCUT2D eigenvalue weighted by atomic mass is 9.92. The Morgan fingerprint density at radius 1 is 1.26 bits per heavy atom. The number of methoxy groups -OCH3 is 1. The van der Waals surface area contributed by atoms with Crippen molar-refractivity contribution >= 4 is 11.8 Å². The van der Waals surface area contributed by atoms with Crippen LogP contribution in [0.5, 0.6) is 0 Å². The van der Waals surface area contributed by atoms with Crippen molar-refractivity contribution in [1.82, 2.24) is 5.06 Å². The van der Waals surface area contributed by atoms with E-state index in [1.54, 1.807) is 38.1 Å². The zero-order chi connectivity index (χ0) is 14.5. The summed E-state index contributed by atoms with van der Waals surface area (Å²) in [7, 11) is 1.28. The van der Waals surface area contributed by atoms with Crippen LogP contribution in [0.25, 0.3) is 0 Å². The third-order valence-corrected chi connectivity index (χ3v) is 2.99. The summed E-state index contributed by atoms with van der Waals surface area (Å²) >= 11 is 0. The minimum Gasteiger partial charge on any atom is -0.469 e. The average molecular weight is 265 g/mol. The average Bonchev–Trinajstić information content (AvgIpc) is 2.44. The maximum atomic E-state index is 12.3. The molecule has 0 heterocycles. The molecule has 5 heteroatoms. The number of ketones is 1. The number of nitrogens with zero attached hydrogens (tertiary/aromatic N) is 1. The molecule has 0 amide bonds. The predicted molar refractivity (Wildman–Crippen MR) is 70.0 cm³/mol. The van der Waals surface area contributed by atoms with Crippen LogP contribution in [0.2, 0.25) is 0 Å². The summed E-state index contributed by atoms with van der Waals surface area (Å²) in [6.45, 7) is 3.26. The van der Waals surface area contributed by atoms with E-state index < -0.39 is 11.5 Å². The van der Waals surface area contributed by atoms with Crippen molar-refractivity contribution in [2.24, 2.45) is 0 Å². The first kappa shape index (κ1) is 15.3. The van der Waals surface area contributed by atoms with E-state index in [1.807, 2.05) is 6.07 Å². The van der Waals surface area contributed by atoms with Gasteiger partial charge in [0.15, 0.2) is 5.78 Å². The number of hydrogen-bond donors (Lipinski definition) is 1. The van der Waals surface area contributed by atoms with E-state index in [9.17, 15) is 14.8 Å². The summed E-state index contributed by atoms with van der Waals surface area (Å²) in [6.07, 6.45) is 0.0263. The van der Waals surface area contributed by atoms with E-state index in [0.717, 1.165) is 5.06 Å². The maximum Gasteiger partial charge on any atom is 0.306 e. The number of Topliss-reactive ketones (excluding diaryl/α,β-unsaturated/α-hetero) is 1. The molecule has 0 aromatic heterocycles. The molecule has 0 aliphatic carbocycles. The summed E-state index contributed by atoms with van der Waals surface area (Å²) in [5.41, 5.74) is -0.584. The normalized spacial score (nSPS) is 11.4. The Morgan fingerprint density at radius 3 is 2.37 bits per heavy atom. The van der Waals surface area contributed by atoms with E-state index >= 15 is 0 Å². The van der Waals surface area contributed by atoms with Crippen molar-refractivity contribution in [3.05, 3.63) is 35.9 Å². The van der Waals surface area contributed by atoms with E-state index in [4.69, 9.17) is 0 Å².